The molecule has 266 valence electrons. The van der Waals surface area contributed by atoms with Crippen molar-refractivity contribution in [2.45, 2.75) is 0 Å². The Kier molecular flexibility index (Phi) is 6.83. The fourth-order valence-corrected chi connectivity index (χ4v) is 8.71. The van der Waals surface area contributed by atoms with Gasteiger partial charge in [0.05, 0.1) is 27.6 Å². The quantitative estimate of drug-likeness (QED) is 0.177. The van der Waals surface area contributed by atoms with Crippen molar-refractivity contribution >= 4 is 65.6 Å². The van der Waals surface area contributed by atoms with Crippen molar-refractivity contribution in [2.75, 3.05) is 0 Å². The van der Waals surface area contributed by atoms with E-state index in [9.17, 15) is 0 Å². The van der Waals surface area contributed by atoms with Crippen molar-refractivity contribution in [1.29, 1.82) is 0 Å². The number of aromatic nitrogens is 5. The van der Waals surface area contributed by atoms with Crippen LogP contribution < -0.4 is 0 Å². The van der Waals surface area contributed by atoms with E-state index in [1.807, 2.05) is 30.3 Å². The smallest absolute Gasteiger partial charge is 0.238 e. The number of hydrogen-bond acceptors (Lipinski definition) is 4. The molecule has 0 aliphatic heterocycles. The average molecular weight is 730 g/mol. The molecule has 0 fully saturated rings. The van der Waals surface area contributed by atoms with Gasteiger partial charge in [-0.3, -0.25) is 4.57 Å². The second-order valence-corrected chi connectivity index (χ2v) is 14.4. The molecule has 57 heavy (non-hydrogen) atoms. The molecular weight excluding hydrogens is 699 g/mol. The van der Waals surface area contributed by atoms with Crippen LogP contribution in [0, 0.1) is 0 Å². The SMILES string of the molecule is c1ccc(-c2nc(-c3cc(-n4c5ccccc5c5ccccc54)cc4c3oc3cccc(-c5ccccc5)c34)nc(-n3c4ccccc4c4ccccc43)n2)cc1. The molecule has 0 spiro atoms. The van der Waals surface area contributed by atoms with Crippen molar-refractivity contribution in [3.8, 4) is 45.5 Å². The van der Waals surface area contributed by atoms with Crippen molar-refractivity contribution < 1.29 is 4.42 Å². The Morgan fingerprint density at radius 1 is 0.368 bits per heavy atom. The topological polar surface area (TPSA) is 61.7 Å². The van der Waals surface area contributed by atoms with E-state index in [-0.39, 0.29) is 0 Å². The molecule has 0 atom stereocenters. The van der Waals surface area contributed by atoms with E-state index in [1.165, 1.54) is 10.8 Å². The van der Waals surface area contributed by atoms with Gasteiger partial charge in [0.2, 0.25) is 5.95 Å². The van der Waals surface area contributed by atoms with Crippen LogP contribution >= 0.6 is 0 Å². The summed E-state index contributed by atoms with van der Waals surface area (Å²) in [6, 6.07) is 65.5. The predicted molar refractivity (Wildman–Crippen MR) is 232 cm³/mol. The molecule has 8 aromatic carbocycles. The summed E-state index contributed by atoms with van der Waals surface area (Å²) in [5.74, 6) is 1.63. The highest BCUT2D eigenvalue weighted by Gasteiger charge is 2.24. The van der Waals surface area contributed by atoms with Gasteiger partial charge >= 0.3 is 0 Å². The lowest BCUT2D eigenvalue weighted by molar-refractivity contribution is 0.669. The van der Waals surface area contributed by atoms with Gasteiger partial charge < -0.3 is 8.98 Å². The zero-order valence-corrected chi connectivity index (χ0v) is 30.5. The summed E-state index contributed by atoms with van der Waals surface area (Å²) in [5.41, 5.74) is 10.7. The van der Waals surface area contributed by atoms with Gasteiger partial charge in [-0.2, -0.15) is 9.97 Å². The fraction of sp³-hybridized carbons (Fsp3) is 0. The number of hydrogen-bond donors (Lipinski definition) is 0. The minimum absolute atomic E-state index is 0.522. The molecule has 6 heteroatoms. The minimum Gasteiger partial charge on any atom is -0.455 e. The van der Waals surface area contributed by atoms with Gasteiger partial charge in [-0.05, 0) is 53.6 Å². The summed E-state index contributed by atoms with van der Waals surface area (Å²) in [4.78, 5) is 15.9. The van der Waals surface area contributed by atoms with Crippen molar-refractivity contribution in [1.82, 2.24) is 24.1 Å². The number of fused-ring (bicyclic) bond motifs is 9. The number of para-hydroxylation sites is 4. The molecule has 0 N–H and O–H groups in total. The lowest BCUT2D eigenvalue weighted by Gasteiger charge is -2.13. The van der Waals surface area contributed by atoms with Crippen molar-refractivity contribution in [3.63, 3.8) is 0 Å². The van der Waals surface area contributed by atoms with Crippen molar-refractivity contribution in [3.05, 3.63) is 188 Å². The molecule has 0 saturated carbocycles. The second kappa shape index (κ2) is 12.3. The molecule has 12 aromatic rings. The van der Waals surface area contributed by atoms with Crippen molar-refractivity contribution in [2.24, 2.45) is 0 Å². The summed E-state index contributed by atoms with van der Waals surface area (Å²) < 4.78 is 11.5. The Balaban J connectivity index is 1.23. The zero-order valence-electron chi connectivity index (χ0n) is 30.5. The summed E-state index contributed by atoms with van der Waals surface area (Å²) in [5, 5.41) is 6.69. The Labute approximate surface area is 326 Å². The van der Waals surface area contributed by atoms with Crippen LogP contribution in [0.25, 0.3) is 111 Å². The van der Waals surface area contributed by atoms with Gasteiger partial charge in [-0.15, -0.1) is 0 Å². The van der Waals surface area contributed by atoms with Crippen LogP contribution in [0.15, 0.2) is 192 Å². The average Bonchev–Trinajstić information content (AvgIpc) is 3.94. The first-order chi connectivity index (χ1) is 28.3. The predicted octanol–water partition coefficient (Wildman–Crippen LogP) is 13.0. The van der Waals surface area contributed by atoms with E-state index in [4.69, 9.17) is 19.4 Å². The van der Waals surface area contributed by atoms with Gasteiger partial charge in [0.1, 0.15) is 11.2 Å². The monoisotopic (exact) mass is 729 g/mol. The molecule has 12 rings (SSSR count). The van der Waals surface area contributed by atoms with Crippen LogP contribution in [-0.4, -0.2) is 24.1 Å². The van der Waals surface area contributed by atoms with E-state index in [2.05, 4.69) is 167 Å². The lowest BCUT2D eigenvalue weighted by atomic mass is 9.98. The Morgan fingerprint density at radius 2 is 0.877 bits per heavy atom. The molecule has 0 saturated heterocycles. The highest BCUT2D eigenvalue weighted by molar-refractivity contribution is 6.17. The van der Waals surface area contributed by atoms with Gasteiger partial charge in [0.25, 0.3) is 0 Å². The molecule has 4 heterocycles. The Morgan fingerprint density at radius 3 is 1.47 bits per heavy atom. The van der Waals surface area contributed by atoms with Crippen LogP contribution in [0.5, 0.6) is 0 Å². The third-order valence-corrected chi connectivity index (χ3v) is 11.2. The summed E-state index contributed by atoms with van der Waals surface area (Å²) >= 11 is 0. The molecule has 0 aliphatic carbocycles. The van der Waals surface area contributed by atoms with Gasteiger partial charge in [0.15, 0.2) is 11.6 Å². The molecule has 0 aliphatic rings. The largest absolute Gasteiger partial charge is 0.455 e. The molecule has 6 nitrogen and oxygen atoms in total. The molecule has 0 unspecified atom stereocenters. The first-order valence-corrected chi connectivity index (χ1v) is 19.1. The Bertz CT molecular complexity index is 3420. The summed E-state index contributed by atoms with van der Waals surface area (Å²) in [6.45, 7) is 0. The van der Waals surface area contributed by atoms with Crippen LogP contribution in [-0.2, 0) is 0 Å². The number of benzene rings is 8. The molecule has 0 amide bonds. The lowest BCUT2D eigenvalue weighted by Crippen LogP contribution is -2.06. The van der Waals surface area contributed by atoms with Crippen LogP contribution in [0.1, 0.15) is 0 Å². The minimum atomic E-state index is 0.522. The highest BCUT2D eigenvalue weighted by Crippen LogP contribution is 2.43. The third-order valence-electron chi connectivity index (χ3n) is 11.2. The first kappa shape index (κ1) is 31.5. The number of nitrogens with zero attached hydrogens (tertiary/aromatic N) is 5. The highest BCUT2D eigenvalue weighted by atomic mass is 16.3. The number of furan rings is 1. The maximum absolute atomic E-state index is 6.95. The molecular formula is C51H31N5O. The normalized spacial score (nSPS) is 11.9. The van der Waals surface area contributed by atoms with E-state index in [1.54, 1.807) is 0 Å². The van der Waals surface area contributed by atoms with Crippen LogP contribution in [0.2, 0.25) is 0 Å². The zero-order chi connectivity index (χ0) is 37.5. The summed E-state index contributed by atoms with van der Waals surface area (Å²) in [6.07, 6.45) is 0. The molecule has 0 bridgehead atoms. The van der Waals surface area contributed by atoms with E-state index in [0.29, 0.717) is 17.6 Å². The number of rotatable bonds is 5. The van der Waals surface area contributed by atoms with E-state index < -0.39 is 0 Å². The fourth-order valence-electron chi connectivity index (χ4n) is 8.71. The van der Waals surface area contributed by atoms with Gasteiger partial charge in [-0.1, -0.05) is 146 Å². The van der Waals surface area contributed by atoms with Crippen LogP contribution in [0.4, 0.5) is 0 Å². The second-order valence-electron chi connectivity index (χ2n) is 14.4. The van der Waals surface area contributed by atoms with Gasteiger partial charge in [0, 0.05) is 43.6 Å². The Hall–Kier alpha value is -7.83. The van der Waals surface area contributed by atoms with E-state index in [0.717, 1.165) is 82.7 Å². The van der Waals surface area contributed by atoms with E-state index >= 15 is 0 Å². The maximum Gasteiger partial charge on any atom is 0.238 e. The first-order valence-electron chi connectivity index (χ1n) is 19.1. The molecule has 0 radical (unpaired) electrons. The van der Waals surface area contributed by atoms with Gasteiger partial charge in [-0.25, -0.2) is 4.98 Å². The molecule has 4 aromatic heterocycles. The standard InChI is InChI=1S/C51H31N5O/c1-3-16-32(17-4-1)35-24-15-29-46-47(35)40-30-34(55-42-25-11-7-20-36(42)37-21-8-12-26-43(37)55)31-41(48(40)57-46)50-52-49(33-18-5-2-6-19-33)53-51(54-50)56-44-27-13-9-22-38(44)39-23-10-14-28-45(39)56/h1-31H. The maximum atomic E-state index is 6.95. The summed E-state index contributed by atoms with van der Waals surface area (Å²) in [7, 11) is 0. The van der Waals surface area contributed by atoms with Crippen LogP contribution in [0.3, 0.4) is 0 Å². The third kappa shape index (κ3) is 4.81.